The number of hydrogen-bond acceptors (Lipinski definition) is 4. The van der Waals surface area contributed by atoms with Crippen LogP contribution in [-0.2, 0) is 4.79 Å². The molecular formula is C23H26N4O. The lowest BCUT2D eigenvalue weighted by atomic mass is 10.1. The minimum atomic E-state index is 0.0506. The highest BCUT2D eigenvalue weighted by Crippen LogP contribution is 2.30. The minimum absolute atomic E-state index is 0.0506. The molecule has 2 fully saturated rings. The number of nitrogens with zero attached hydrogens (tertiary/aromatic N) is 4. The highest BCUT2D eigenvalue weighted by Gasteiger charge is 2.31. The summed E-state index contributed by atoms with van der Waals surface area (Å²) in [6.45, 7) is 2.84. The van der Waals surface area contributed by atoms with Gasteiger partial charge in [-0.05, 0) is 50.3 Å². The summed E-state index contributed by atoms with van der Waals surface area (Å²) < 4.78 is 0. The van der Waals surface area contributed by atoms with E-state index >= 15 is 0 Å². The van der Waals surface area contributed by atoms with Crippen LogP contribution in [0.15, 0.2) is 41.0 Å². The average molecular weight is 374 g/mol. The van der Waals surface area contributed by atoms with Gasteiger partial charge in [0.25, 0.3) is 5.91 Å². The van der Waals surface area contributed by atoms with Crippen LogP contribution < -0.4 is 4.90 Å². The van der Waals surface area contributed by atoms with Crippen molar-refractivity contribution in [2.24, 2.45) is 4.99 Å². The Labute approximate surface area is 165 Å². The van der Waals surface area contributed by atoms with Gasteiger partial charge >= 0.3 is 0 Å². The van der Waals surface area contributed by atoms with E-state index in [9.17, 15) is 4.79 Å². The largest absolute Gasteiger partial charge is 0.356 e. The van der Waals surface area contributed by atoms with Crippen molar-refractivity contribution < 1.29 is 4.79 Å². The van der Waals surface area contributed by atoms with Crippen LogP contribution in [0.1, 0.15) is 50.5 Å². The van der Waals surface area contributed by atoms with Crippen molar-refractivity contribution in [2.45, 2.75) is 44.9 Å². The quantitative estimate of drug-likeness (QED) is 0.733. The molecule has 5 heteroatoms. The molecule has 2 aromatic rings. The van der Waals surface area contributed by atoms with E-state index in [0.717, 1.165) is 67.0 Å². The fraction of sp³-hybridized carbons (Fsp3) is 0.435. The Kier molecular flexibility index (Phi) is 4.59. The molecule has 0 radical (unpaired) electrons. The third kappa shape index (κ3) is 3.19. The van der Waals surface area contributed by atoms with E-state index in [1.165, 1.54) is 25.7 Å². The number of pyridine rings is 1. The zero-order chi connectivity index (χ0) is 18.9. The third-order valence-corrected chi connectivity index (χ3v) is 5.99. The van der Waals surface area contributed by atoms with Crippen LogP contribution >= 0.6 is 0 Å². The van der Waals surface area contributed by atoms with Crippen LogP contribution in [0, 0.1) is 0 Å². The summed E-state index contributed by atoms with van der Waals surface area (Å²) in [6.07, 6.45) is 9.89. The van der Waals surface area contributed by atoms with E-state index in [1.54, 1.807) is 0 Å². The van der Waals surface area contributed by atoms with Gasteiger partial charge in [0.15, 0.2) is 0 Å². The first kappa shape index (κ1) is 17.4. The molecule has 3 aliphatic rings. The number of amides is 1. The molecule has 1 aromatic carbocycles. The Morgan fingerprint density at radius 2 is 1.71 bits per heavy atom. The van der Waals surface area contributed by atoms with Gasteiger partial charge in [-0.3, -0.25) is 9.69 Å². The molecule has 1 amide bonds. The van der Waals surface area contributed by atoms with Crippen LogP contribution in [-0.4, -0.2) is 41.3 Å². The lowest BCUT2D eigenvalue weighted by Gasteiger charge is -2.29. The topological polar surface area (TPSA) is 48.8 Å². The Bertz CT molecular complexity index is 972. The lowest BCUT2D eigenvalue weighted by Crippen LogP contribution is -2.31. The summed E-state index contributed by atoms with van der Waals surface area (Å²) in [6, 6.07) is 10.4. The van der Waals surface area contributed by atoms with Crippen LogP contribution in [0.3, 0.4) is 0 Å². The number of carbonyl (C=O) groups excluding carboxylic acids is 1. The van der Waals surface area contributed by atoms with Crippen LogP contribution in [0.4, 0.5) is 5.82 Å². The molecule has 4 heterocycles. The summed E-state index contributed by atoms with van der Waals surface area (Å²) in [5.74, 6) is 1.98. The van der Waals surface area contributed by atoms with Gasteiger partial charge in [0.1, 0.15) is 17.4 Å². The summed E-state index contributed by atoms with van der Waals surface area (Å²) in [5, 5.41) is 1.10. The molecule has 28 heavy (non-hydrogen) atoms. The van der Waals surface area contributed by atoms with E-state index in [0.29, 0.717) is 5.70 Å². The third-order valence-electron chi connectivity index (χ3n) is 5.99. The number of amidine groups is 1. The molecule has 0 aliphatic carbocycles. The van der Waals surface area contributed by atoms with Crippen LogP contribution in [0.2, 0.25) is 0 Å². The zero-order valence-electron chi connectivity index (χ0n) is 16.2. The summed E-state index contributed by atoms with van der Waals surface area (Å²) in [5.41, 5.74) is 2.57. The van der Waals surface area contributed by atoms with Gasteiger partial charge in [-0.1, -0.05) is 24.6 Å². The number of rotatable bonds is 2. The van der Waals surface area contributed by atoms with E-state index < -0.39 is 0 Å². The summed E-state index contributed by atoms with van der Waals surface area (Å²) in [7, 11) is 0. The van der Waals surface area contributed by atoms with Gasteiger partial charge in [-0.25, -0.2) is 9.98 Å². The molecule has 0 bridgehead atoms. The number of para-hydroxylation sites is 1. The fourth-order valence-electron chi connectivity index (χ4n) is 4.48. The molecule has 1 aromatic heterocycles. The first-order chi connectivity index (χ1) is 13.8. The maximum atomic E-state index is 13.0. The molecule has 0 N–H and O–H groups in total. The summed E-state index contributed by atoms with van der Waals surface area (Å²) >= 11 is 0. The summed E-state index contributed by atoms with van der Waals surface area (Å²) in [4.78, 5) is 26.9. The molecule has 2 saturated heterocycles. The van der Waals surface area contributed by atoms with Crippen molar-refractivity contribution in [1.29, 1.82) is 0 Å². The zero-order valence-corrected chi connectivity index (χ0v) is 16.2. The Balaban J connectivity index is 1.59. The number of fused-ring (bicyclic) bond motifs is 2. The smallest absolute Gasteiger partial charge is 0.277 e. The first-order valence-electron chi connectivity index (χ1n) is 10.6. The van der Waals surface area contributed by atoms with E-state index in [1.807, 2.05) is 23.1 Å². The number of benzene rings is 1. The number of anilines is 1. The van der Waals surface area contributed by atoms with Crippen molar-refractivity contribution in [3.8, 4) is 0 Å². The molecule has 0 unspecified atom stereocenters. The normalized spacial score (nSPS) is 21.8. The average Bonchev–Trinajstić information content (AvgIpc) is 2.90. The molecular weight excluding hydrogens is 348 g/mol. The second-order valence-electron chi connectivity index (χ2n) is 7.97. The van der Waals surface area contributed by atoms with Crippen molar-refractivity contribution in [3.05, 3.63) is 41.6 Å². The number of aromatic nitrogens is 1. The second kappa shape index (κ2) is 7.38. The molecule has 3 aliphatic heterocycles. The van der Waals surface area contributed by atoms with Gasteiger partial charge in [-0.15, -0.1) is 0 Å². The predicted octanol–water partition coefficient (Wildman–Crippen LogP) is 4.38. The van der Waals surface area contributed by atoms with Crippen LogP contribution in [0.5, 0.6) is 0 Å². The maximum absolute atomic E-state index is 13.0. The predicted molar refractivity (Wildman–Crippen MR) is 113 cm³/mol. The number of aliphatic imine (C=N–C) groups is 1. The molecule has 0 spiro atoms. The lowest BCUT2D eigenvalue weighted by molar-refractivity contribution is -0.122. The van der Waals surface area contributed by atoms with Crippen molar-refractivity contribution >= 4 is 34.5 Å². The number of hydrogen-bond donors (Lipinski definition) is 0. The molecule has 144 valence electrons. The Morgan fingerprint density at radius 1 is 0.929 bits per heavy atom. The number of carbonyl (C=O) groups is 1. The monoisotopic (exact) mass is 374 g/mol. The van der Waals surface area contributed by atoms with Gasteiger partial charge < -0.3 is 4.90 Å². The molecule has 5 rings (SSSR count). The Morgan fingerprint density at radius 3 is 2.61 bits per heavy atom. The first-order valence-corrected chi connectivity index (χ1v) is 10.6. The molecule has 0 atom stereocenters. The van der Waals surface area contributed by atoms with Gasteiger partial charge in [-0.2, -0.15) is 0 Å². The van der Waals surface area contributed by atoms with Crippen molar-refractivity contribution in [3.63, 3.8) is 0 Å². The fourth-order valence-corrected chi connectivity index (χ4v) is 4.48. The molecule has 5 nitrogen and oxygen atoms in total. The standard InChI is InChI=1S/C23H26N4O/c28-23-20(24-21-11-3-1-8-14-27(21)23)16-18-15-17-9-4-5-10-19(17)25-22(18)26-12-6-2-7-13-26/h4-5,9-10,15-16H,1-3,6-8,11-14H2/b20-16-. The maximum Gasteiger partial charge on any atom is 0.277 e. The van der Waals surface area contributed by atoms with Crippen LogP contribution in [0.25, 0.3) is 17.0 Å². The van der Waals surface area contributed by atoms with E-state index in [4.69, 9.17) is 9.98 Å². The minimum Gasteiger partial charge on any atom is -0.356 e. The van der Waals surface area contributed by atoms with Crippen molar-refractivity contribution in [1.82, 2.24) is 9.88 Å². The van der Waals surface area contributed by atoms with Gasteiger partial charge in [0, 0.05) is 37.0 Å². The Hall–Kier alpha value is -2.69. The highest BCUT2D eigenvalue weighted by atomic mass is 16.2. The van der Waals surface area contributed by atoms with E-state index in [-0.39, 0.29) is 5.91 Å². The van der Waals surface area contributed by atoms with Gasteiger partial charge in [0.2, 0.25) is 0 Å². The van der Waals surface area contributed by atoms with E-state index in [2.05, 4.69) is 23.1 Å². The van der Waals surface area contributed by atoms with Gasteiger partial charge in [0.05, 0.1) is 5.52 Å². The second-order valence-corrected chi connectivity index (χ2v) is 7.97. The highest BCUT2D eigenvalue weighted by molar-refractivity contribution is 6.14. The van der Waals surface area contributed by atoms with Crippen molar-refractivity contribution in [2.75, 3.05) is 24.5 Å². The number of piperidine rings is 1. The molecule has 0 saturated carbocycles. The SMILES string of the molecule is O=C1/C(=C/c2cc3ccccc3nc2N2CCCCC2)N=C2CCCCCN12.